The zero-order chi connectivity index (χ0) is 15.6. The molecule has 0 saturated carbocycles. The molecule has 7 heteroatoms. The molecule has 0 heterocycles. The van der Waals surface area contributed by atoms with Crippen molar-refractivity contribution in [1.82, 2.24) is 0 Å². The van der Waals surface area contributed by atoms with Gasteiger partial charge in [-0.15, -0.1) is 0 Å². The molecule has 0 aliphatic rings. The van der Waals surface area contributed by atoms with E-state index in [1.165, 1.54) is 31.2 Å². The Morgan fingerprint density at radius 1 is 1.05 bits per heavy atom. The summed E-state index contributed by atoms with van der Waals surface area (Å²) in [4.78, 5) is 11.0. The molecule has 0 fully saturated rings. The third-order valence-electron chi connectivity index (χ3n) is 2.74. The van der Waals surface area contributed by atoms with E-state index >= 15 is 0 Å². The molecular formula is C14H11F2NO3S. The molecule has 2 rings (SSSR count). The Balaban J connectivity index is 2.34. The number of benzene rings is 2. The SMILES string of the molecule is CC(=O)c1ccc(S(=O)(=O)Nc2cc(F)ccc2F)cc1. The Morgan fingerprint density at radius 2 is 1.67 bits per heavy atom. The van der Waals surface area contributed by atoms with Crippen molar-refractivity contribution in [3.8, 4) is 0 Å². The van der Waals surface area contributed by atoms with Gasteiger partial charge in [0.25, 0.3) is 10.0 Å². The van der Waals surface area contributed by atoms with Crippen molar-refractivity contribution >= 4 is 21.5 Å². The highest BCUT2D eigenvalue weighted by Gasteiger charge is 2.17. The zero-order valence-electron chi connectivity index (χ0n) is 10.9. The molecule has 0 atom stereocenters. The van der Waals surface area contributed by atoms with Gasteiger partial charge in [0.15, 0.2) is 5.78 Å². The Labute approximate surface area is 120 Å². The van der Waals surface area contributed by atoms with E-state index in [2.05, 4.69) is 0 Å². The van der Waals surface area contributed by atoms with Gasteiger partial charge in [0.1, 0.15) is 11.6 Å². The van der Waals surface area contributed by atoms with Crippen LogP contribution in [0, 0.1) is 11.6 Å². The van der Waals surface area contributed by atoms with Crippen LogP contribution < -0.4 is 4.72 Å². The molecule has 4 nitrogen and oxygen atoms in total. The molecule has 2 aromatic carbocycles. The van der Waals surface area contributed by atoms with E-state index in [-0.39, 0.29) is 10.7 Å². The minimum absolute atomic E-state index is 0.156. The normalized spacial score (nSPS) is 11.2. The Morgan fingerprint density at radius 3 is 2.24 bits per heavy atom. The molecule has 0 radical (unpaired) electrons. The second-order valence-electron chi connectivity index (χ2n) is 4.31. The maximum Gasteiger partial charge on any atom is 0.261 e. The molecule has 0 amide bonds. The van der Waals surface area contributed by atoms with Crippen LogP contribution in [0.5, 0.6) is 0 Å². The Bertz CT molecular complexity index is 786. The number of anilines is 1. The summed E-state index contributed by atoms with van der Waals surface area (Å²) in [5, 5.41) is 0. The minimum Gasteiger partial charge on any atom is -0.295 e. The van der Waals surface area contributed by atoms with Crippen LogP contribution >= 0.6 is 0 Å². The maximum absolute atomic E-state index is 13.4. The van der Waals surface area contributed by atoms with E-state index in [9.17, 15) is 22.0 Å². The fourth-order valence-corrected chi connectivity index (χ4v) is 2.71. The van der Waals surface area contributed by atoms with Crippen LogP contribution in [0.2, 0.25) is 0 Å². The summed E-state index contributed by atoms with van der Waals surface area (Å²) in [6, 6.07) is 7.59. The lowest BCUT2D eigenvalue weighted by molar-refractivity contribution is 0.101. The first kappa shape index (κ1) is 15.1. The van der Waals surface area contributed by atoms with Gasteiger partial charge in [0.2, 0.25) is 0 Å². The van der Waals surface area contributed by atoms with Gasteiger partial charge in [0.05, 0.1) is 10.6 Å². The molecule has 0 aliphatic carbocycles. The molecule has 0 spiro atoms. The summed E-state index contributed by atoms with van der Waals surface area (Å²) in [6.07, 6.45) is 0. The van der Waals surface area contributed by atoms with Crippen molar-refractivity contribution in [1.29, 1.82) is 0 Å². The van der Waals surface area contributed by atoms with Crippen molar-refractivity contribution in [2.75, 3.05) is 4.72 Å². The number of rotatable bonds is 4. The number of ketones is 1. The first-order valence-electron chi connectivity index (χ1n) is 5.88. The van der Waals surface area contributed by atoms with Crippen molar-refractivity contribution in [3.63, 3.8) is 0 Å². The lowest BCUT2D eigenvalue weighted by Gasteiger charge is -2.09. The van der Waals surface area contributed by atoms with Gasteiger partial charge in [-0.25, -0.2) is 17.2 Å². The molecule has 0 aromatic heterocycles. The number of sulfonamides is 1. The lowest BCUT2D eigenvalue weighted by atomic mass is 10.2. The van der Waals surface area contributed by atoms with E-state index in [1.54, 1.807) is 0 Å². The molecule has 0 aliphatic heterocycles. The number of halogens is 2. The predicted molar refractivity (Wildman–Crippen MR) is 73.6 cm³/mol. The summed E-state index contributed by atoms with van der Waals surface area (Å²) in [5.41, 5.74) is -0.128. The van der Waals surface area contributed by atoms with Gasteiger partial charge < -0.3 is 0 Å². The van der Waals surface area contributed by atoms with Gasteiger partial charge in [-0.05, 0) is 31.2 Å². The first-order valence-corrected chi connectivity index (χ1v) is 7.37. The largest absolute Gasteiger partial charge is 0.295 e. The standard InChI is InChI=1S/C14H11F2NO3S/c1-9(18)10-2-5-12(6-3-10)21(19,20)17-14-8-11(15)4-7-13(14)16/h2-8,17H,1H3. The monoisotopic (exact) mass is 311 g/mol. The third-order valence-corrected chi connectivity index (χ3v) is 4.13. The third kappa shape index (κ3) is 3.43. The van der Waals surface area contributed by atoms with Gasteiger partial charge in [-0.1, -0.05) is 12.1 Å². The van der Waals surface area contributed by atoms with Crippen LogP contribution in [0.3, 0.4) is 0 Å². The van der Waals surface area contributed by atoms with Crippen LogP contribution in [0.15, 0.2) is 47.4 Å². The van der Waals surface area contributed by atoms with Gasteiger partial charge in [-0.3, -0.25) is 9.52 Å². The van der Waals surface area contributed by atoms with Gasteiger partial charge >= 0.3 is 0 Å². The summed E-state index contributed by atoms with van der Waals surface area (Å²) in [5.74, 6) is -1.86. The van der Waals surface area contributed by atoms with Crippen molar-refractivity contribution < 1.29 is 22.0 Å². The summed E-state index contributed by atoms with van der Waals surface area (Å²) in [6.45, 7) is 1.35. The van der Waals surface area contributed by atoms with Crippen molar-refractivity contribution in [3.05, 3.63) is 59.7 Å². The van der Waals surface area contributed by atoms with Crippen molar-refractivity contribution in [2.45, 2.75) is 11.8 Å². The molecule has 110 valence electrons. The van der Waals surface area contributed by atoms with E-state index in [0.29, 0.717) is 5.56 Å². The number of Topliss-reactive ketones (excluding diaryl/α,β-unsaturated/α-hetero) is 1. The molecule has 0 unspecified atom stereocenters. The fraction of sp³-hybridized carbons (Fsp3) is 0.0714. The molecule has 21 heavy (non-hydrogen) atoms. The van der Waals surface area contributed by atoms with E-state index < -0.39 is 27.3 Å². The van der Waals surface area contributed by atoms with Crippen LogP contribution in [0.25, 0.3) is 0 Å². The van der Waals surface area contributed by atoms with Crippen molar-refractivity contribution in [2.24, 2.45) is 0 Å². The van der Waals surface area contributed by atoms with E-state index in [4.69, 9.17) is 0 Å². The average Bonchev–Trinajstić information content (AvgIpc) is 2.43. The average molecular weight is 311 g/mol. The van der Waals surface area contributed by atoms with Crippen LogP contribution in [-0.4, -0.2) is 14.2 Å². The molecule has 0 bridgehead atoms. The Hall–Kier alpha value is -2.28. The number of nitrogens with one attached hydrogen (secondary N) is 1. The summed E-state index contributed by atoms with van der Waals surface area (Å²) < 4.78 is 52.6. The van der Waals surface area contributed by atoms with E-state index in [1.807, 2.05) is 4.72 Å². The van der Waals surface area contributed by atoms with Gasteiger partial charge in [-0.2, -0.15) is 0 Å². The highest BCUT2D eigenvalue weighted by molar-refractivity contribution is 7.92. The molecular weight excluding hydrogens is 300 g/mol. The number of carbonyl (C=O) groups is 1. The molecule has 1 N–H and O–H groups in total. The minimum atomic E-state index is -4.06. The number of hydrogen-bond donors (Lipinski definition) is 1. The summed E-state index contributed by atoms with van der Waals surface area (Å²) in [7, 11) is -4.06. The van der Waals surface area contributed by atoms with Crippen LogP contribution in [0.1, 0.15) is 17.3 Å². The maximum atomic E-state index is 13.4. The Kier molecular flexibility index (Phi) is 4.04. The molecule has 2 aromatic rings. The number of hydrogen-bond acceptors (Lipinski definition) is 3. The zero-order valence-corrected chi connectivity index (χ0v) is 11.7. The second kappa shape index (κ2) is 5.61. The highest BCUT2D eigenvalue weighted by Crippen LogP contribution is 2.20. The number of carbonyl (C=O) groups excluding carboxylic acids is 1. The first-order chi connectivity index (χ1) is 9.79. The van der Waals surface area contributed by atoms with Crippen LogP contribution in [-0.2, 0) is 10.0 Å². The summed E-state index contributed by atoms with van der Waals surface area (Å²) >= 11 is 0. The lowest BCUT2D eigenvalue weighted by Crippen LogP contribution is -2.14. The van der Waals surface area contributed by atoms with Gasteiger partial charge in [0, 0.05) is 11.6 Å². The molecule has 0 saturated heterocycles. The highest BCUT2D eigenvalue weighted by atomic mass is 32.2. The van der Waals surface area contributed by atoms with Crippen LogP contribution in [0.4, 0.5) is 14.5 Å². The second-order valence-corrected chi connectivity index (χ2v) is 5.99. The topological polar surface area (TPSA) is 63.2 Å². The quantitative estimate of drug-likeness (QED) is 0.883. The predicted octanol–water partition coefficient (Wildman–Crippen LogP) is 2.97. The smallest absolute Gasteiger partial charge is 0.261 e. The fourth-order valence-electron chi connectivity index (χ4n) is 1.65. The van der Waals surface area contributed by atoms with E-state index in [0.717, 1.165) is 18.2 Å².